The molecule has 1 aliphatic heterocycles. The van der Waals surface area contributed by atoms with Crippen molar-refractivity contribution in [3.8, 4) is 0 Å². The molecule has 3 aromatic rings. The van der Waals surface area contributed by atoms with Crippen molar-refractivity contribution in [2.24, 2.45) is 0 Å². The number of rotatable bonds is 2. The Morgan fingerprint density at radius 2 is 2.13 bits per heavy atom. The van der Waals surface area contributed by atoms with Crippen molar-refractivity contribution in [2.75, 3.05) is 19.6 Å². The predicted octanol–water partition coefficient (Wildman–Crippen LogP) is 1.74. The number of aromatic amines is 1. The number of piperazine rings is 1. The second-order valence-corrected chi connectivity index (χ2v) is 5.64. The van der Waals surface area contributed by atoms with E-state index in [1.54, 1.807) is 24.5 Å². The van der Waals surface area contributed by atoms with Crippen molar-refractivity contribution >= 4 is 16.9 Å². The summed E-state index contributed by atoms with van der Waals surface area (Å²) in [4.78, 5) is 26.4. The van der Waals surface area contributed by atoms with E-state index in [1.807, 2.05) is 29.2 Å². The van der Waals surface area contributed by atoms with E-state index in [9.17, 15) is 4.79 Å². The molecule has 1 unspecified atom stereocenters. The first kappa shape index (κ1) is 13.9. The lowest BCUT2D eigenvalue weighted by molar-refractivity contribution is 0.0700. The van der Waals surface area contributed by atoms with Crippen molar-refractivity contribution in [2.45, 2.75) is 6.04 Å². The molecule has 1 aliphatic rings. The van der Waals surface area contributed by atoms with E-state index in [2.05, 4.69) is 20.3 Å². The standard InChI is InChI=1S/C17H17N5O/c23-17(12-4-3-7-18-10-12)22-9-8-19-15(11-22)16-20-13-5-1-2-6-14(13)21-16/h1-7,10,15,19H,8-9,11H2,(H,20,21). The molecule has 6 nitrogen and oxygen atoms in total. The smallest absolute Gasteiger partial charge is 0.255 e. The molecule has 2 N–H and O–H groups in total. The molecule has 116 valence electrons. The molecule has 1 atom stereocenters. The molecule has 6 heteroatoms. The third-order valence-corrected chi connectivity index (χ3v) is 4.11. The van der Waals surface area contributed by atoms with Crippen LogP contribution in [0.15, 0.2) is 48.8 Å². The quantitative estimate of drug-likeness (QED) is 0.756. The number of benzene rings is 1. The number of hydrogen-bond acceptors (Lipinski definition) is 4. The van der Waals surface area contributed by atoms with Gasteiger partial charge in [0.25, 0.3) is 5.91 Å². The van der Waals surface area contributed by atoms with Crippen LogP contribution in [0, 0.1) is 0 Å². The average molecular weight is 307 g/mol. The molecule has 1 aromatic carbocycles. The molecule has 2 aromatic heterocycles. The van der Waals surface area contributed by atoms with Crippen LogP contribution in [-0.2, 0) is 0 Å². The molecule has 4 rings (SSSR count). The van der Waals surface area contributed by atoms with Gasteiger partial charge >= 0.3 is 0 Å². The Balaban J connectivity index is 1.56. The molecule has 0 saturated carbocycles. The summed E-state index contributed by atoms with van der Waals surface area (Å²) in [5, 5.41) is 3.43. The summed E-state index contributed by atoms with van der Waals surface area (Å²) in [6.07, 6.45) is 3.28. The van der Waals surface area contributed by atoms with Gasteiger partial charge < -0.3 is 15.2 Å². The molecule has 23 heavy (non-hydrogen) atoms. The van der Waals surface area contributed by atoms with E-state index in [0.29, 0.717) is 18.7 Å². The maximum absolute atomic E-state index is 12.6. The third-order valence-electron chi connectivity index (χ3n) is 4.11. The van der Waals surface area contributed by atoms with Gasteiger partial charge in [-0.2, -0.15) is 0 Å². The van der Waals surface area contributed by atoms with Crippen LogP contribution < -0.4 is 5.32 Å². The average Bonchev–Trinajstić information content (AvgIpc) is 3.06. The minimum absolute atomic E-state index is 0.0109. The number of carbonyl (C=O) groups excluding carboxylic acids is 1. The van der Waals surface area contributed by atoms with E-state index in [0.717, 1.165) is 23.4 Å². The zero-order valence-electron chi connectivity index (χ0n) is 12.6. The number of imidazole rings is 1. The largest absolute Gasteiger partial charge is 0.341 e. The Morgan fingerprint density at radius 3 is 2.96 bits per heavy atom. The van der Waals surface area contributed by atoms with Crippen LogP contribution in [0.1, 0.15) is 22.2 Å². The van der Waals surface area contributed by atoms with E-state index >= 15 is 0 Å². The molecule has 1 fully saturated rings. The molecule has 0 bridgehead atoms. The molecule has 1 saturated heterocycles. The Morgan fingerprint density at radius 1 is 1.22 bits per heavy atom. The third kappa shape index (κ3) is 2.68. The maximum atomic E-state index is 12.6. The summed E-state index contributed by atoms with van der Waals surface area (Å²) >= 11 is 0. The maximum Gasteiger partial charge on any atom is 0.255 e. The van der Waals surface area contributed by atoms with Gasteiger partial charge in [-0.15, -0.1) is 0 Å². The van der Waals surface area contributed by atoms with E-state index in [-0.39, 0.29) is 11.9 Å². The van der Waals surface area contributed by atoms with Crippen LogP contribution in [-0.4, -0.2) is 45.4 Å². The van der Waals surface area contributed by atoms with Gasteiger partial charge in [0.1, 0.15) is 5.82 Å². The van der Waals surface area contributed by atoms with Gasteiger partial charge in [0.2, 0.25) is 0 Å². The molecule has 1 amide bonds. The van der Waals surface area contributed by atoms with Gasteiger partial charge in [0.15, 0.2) is 0 Å². The van der Waals surface area contributed by atoms with Crippen molar-refractivity contribution in [3.63, 3.8) is 0 Å². The number of H-pyrrole nitrogens is 1. The van der Waals surface area contributed by atoms with Gasteiger partial charge in [0, 0.05) is 32.0 Å². The van der Waals surface area contributed by atoms with Crippen LogP contribution in [0.25, 0.3) is 11.0 Å². The summed E-state index contributed by atoms with van der Waals surface area (Å²) in [7, 11) is 0. The lowest BCUT2D eigenvalue weighted by Crippen LogP contribution is -2.48. The van der Waals surface area contributed by atoms with Crippen LogP contribution in [0.4, 0.5) is 0 Å². The molecule has 0 radical (unpaired) electrons. The molecule has 3 heterocycles. The lowest BCUT2D eigenvalue weighted by Gasteiger charge is -2.32. The molecule has 0 spiro atoms. The number of nitrogens with zero attached hydrogens (tertiary/aromatic N) is 3. The van der Waals surface area contributed by atoms with Gasteiger partial charge in [-0.1, -0.05) is 12.1 Å². The Hall–Kier alpha value is -2.73. The van der Waals surface area contributed by atoms with Crippen molar-refractivity contribution < 1.29 is 4.79 Å². The molecule has 0 aliphatic carbocycles. The number of hydrogen-bond donors (Lipinski definition) is 2. The number of nitrogens with one attached hydrogen (secondary N) is 2. The van der Waals surface area contributed by atoms with Crippen molar-refractivity contribution in [1.82, 2.24) is 25.2 Å². The summed E-state index contributed by atoms with van der Waals surface area (Å²) in [5.41, 5.74) is 2.58. The zero-order chi connectivity index (χ0) is 15.6. The highest BCUT2D eigenvalue weighted by Gasteiger charge is 2.27. The van der Waals surface area contributed by atoms with Crippen LogP contribution in [0.5, 0.6) is 0 Å². The van der Waals surface area contributed by atoms with Crippen molar-refractivity contribution in [3.05, 3.63) is 60.2 Å². The normalized spacial score (nSPS) is 18.3. The zero-order valence-corrected chi connectivity index (χ0v) is 12.6. The van der Waals surface area contributed by atoms with Gasteiger partial charge in [-0.05, 0) is 24.3 Å². The highest BCUT2D eigenvalue weighted by Crippen LogP contribution is 2.19. The Kier molecular flexibility index (Phi) is 3.51. The number of pyridine rings is 1. The van der Waals surface area contributed by atoms with E-state index in [1.165, 1.54) is 0 Å². The SMILES string of the molecule is O=C(c1cccnc1)N1CCNC(c2nc3ccccc3[nH]2)C1. The van der Waals surface area contributed by atoms with Gasteiger partial charge in [-0.25, -0.2) is 4.98 Å². The topological polar surface area (TPSA) is 73.9 Å². The number of aromatic nitrogens is 3. The second-order valence-electron chi connectivity index (χ2n) is 5.64. The number of amides is 1. The van der Waals surface area contributed by atoms with Gasteiger partial charge in [-0.3, -0.25) is 9.78 Å². The van der Waals surface area contributed by atoms with Crippen molar-refractivity contribution in [1.29, 1.82) is 0 Å². The first-order valence-electron chi connectivity index (χ1n) is 7.68. The first-order chi connectivity index (χ1) is 11.3. The minimum atomic E-state index is 0.0109. The monoisotopic (exact) mass is 307 g/mol. The fourth-order valence-electron chi connectivity index (χ4n) is 2.93. The Bertz CT molecular complexity index is 796. The second kappa shape index (κ2) is 5.81. The summed E-state index contributed by atoms with van der Waals surface area (Å²) in [6.45, 7) is 2.02. The summed E-state index contributed by atoms with van der Waals surface area (Å²) < 4.78 is 0. The highest BCUT2D eigenvalue weighted by molar-refractivity contribution is 5.94. The number of fused-ring (bicyclic) bond motifs is 1. The lowest BCUT2D eigenvalue weighted by atomic mass is 10.1. The predicted molar refractivity (Wildman–Crippen MR) is 87.0 cm³/mol. The Labute approximate surface area is 133 Å². The number of para-hydroxylation sites is 2. The fourth-order valence-corrected chi connectivity index (χ4v) is 2.93. The van der Waals surface area contributed by atoms with E-state index in [4.69, 9.17) is 0 Å². The van der Waals surface area contributed by atoms with Crippen LogP contribution in [0.2, 0.25) is 0 Å². The minimum Gasteiger partial charge on any atom is -0.341 e. The summed E-state index contributed by atoms with van der Waals surface area (Å²) in [6, 6.07) is 11.5. The van der Waals surface area contributed by atoms with Crippen LogP contribution in [0.3, 0.4) is 0 Å². The summed E-state index contributed by atoms with van der Waals surface area (Å²) in [5.74, 6) is 0.885. The number of carbonyl (C=O) groups is 1. The van der Waals surface area contributed by atoms with Crippen LogP contribution >= 0.6 is 0 Å². The van der Waals surface area contributed by atoms with Gasteiger partial charge in [0.05, 0.1) is 22.6 Å². The first-order valence-corrected chi connectivity index (χ1v) is 7.68. The molecular weight excluding hydrogens is 290 g/mol. The highest BCUT2D eigenvalue weighted by atomic mass is 16.2. The fraction of sp³-hybridized carbons (Fsp3) is 0.235. The molecular formula is C17H17N5O. The van der Waals surface area contributed by atoms with E-state index < -0.39 is 0 Å².